The van der Waals surface area contributed by atoms with Crippen molar-refractivity contribution in [3.8, 4) is 0 Å². The normalized spacial score (nSPS) is 16.2. The minimum absolute atomic E-state index is 0.0912. The van der Waals surface area contributed by atoms with Crippen LogP contribution in [0.3, 0.4) is 0 Å². The number of sulfonamides is 1. The third kappa shape index (κ3) is 3.95. The lowest BCUT2D eigenvalue weighted by Crippen LogP contribution is -2.50. The summed E-state index contributed by atoms with van der Waals surface area (Å²) in [5.74, 6) is 0. The van der Waals surface area contributed by atoms with Crippen LogP contribution in [0.25, 0.3) is 0 Å². The molecule has 0 aliphatic carbocycles. The molecule has 0 aliphatic heterocycles. The van der Waals surface area contributed by atoms with Crippen molar-refractivity contribution in [2.45, 2.75) is 50.2 Å². The van der Waals surface area contributed by atoms with Crippen molar-refractivity contribution in [3.63, 3.8) is 0 Å². The molecule has 0 amide bonds. The molecule has 80 valence electrons. The first kappa shape index (κ1) is 13.4. The van der Waals surface area contributed by atoms with E-state index in [1.54, 1.807) is 13.8 Å². The lowest BCUT2D eigenvalue weighted by atomic mass is 10.0. The SMILES string of the molecule is CC(Br)C(C)(C)NS(=O)(=O)C(C)C. The first-order valence-electron chi connectivity index (χ1n) is 4.26. The van der Waals surface area contributed by atoms with Crippen LogP contribution in [-0.2, 0) is 10.0 Å². The summed E-state index contributed by atoms with van der Waals surface area (Å²) >= 11 is 3.37. The summed E-state index contributed by atoms with van der Waals surface area (Å²) in [5.41, 5.74) is -0.455. The molecule has 13 heavy (non-hydrogen) atoms. The number of halogens is 1. The second kappa shape index (κ2) is 4.28. The molecule has 0 aromatic heterocycles. The van der Waals surface area contributed by atoms with E-state index in [9.17, 15) is 8.42 Å². The zero-order valence-corrected chi connectivity index (χ0v) is 11.2. The number of rotatable bonds is 4. The van der Waals surface area contributed by atoms with Crippen LogP contribution >= 0.6 is 15.9 Å². The molecule has 0 fully saturated rings. The van der Waals surface area contributed by atoms with Crippen LogP contribution in [0.4, 0.5) is 0 Å². The monoisotopic (exact) mass is 271 g/mol. The Bertz CT molecular complexity index is 257. The van der Waals surface area contributed by atoms with Crippen molar-refractivity contribution in [2.75, 3.05) is 0 Å². The van der Waals surface area contributed by atoms with Gasteiger partial charge < -0.3 is 0 Å². The molecule has 0 heterocycles. The Balaban J connectivity index is 4.63. The number of nitrogens with one attached hydrogen (secondary N) is 1. The standard InChI is InChI=1S/C8H18BrNO2S/c1-6(2)13(11,12)10-8(4,5)7(3)9/h6-7,10H,1-5H3. The van der Waals surface area contributed by atoms with Crippen molar-refractivity contribution in [3.05, 3.63) is 0 Å². The Morgan fingerprint density at radius 2 is 1.62 bits per heavy atom. The zero-order valence-electron chi connectivity index (χ0n) is 8.76. The quantitative estimate of drug-likeness (QED) is 0.794. The fourth-order valence-corrected chi connectivity index (χ4v) is 1.98. The van der Waals surface area contributed by atoms with Crippen LogP contribution < -0.4 is 4.72 Å². The van der Waals surface area contributed by atoms with Crippen LogP contribution in [0.2, 0.25) is 0 Å². The Morgan fingerprint density at radius 3 is 1.85 bits per heavy atom. The number of hydrogen-bond donors (Lipinski definition) is 1. The van der Waals surface area contributed by atoms with E-state index in [1.807, 2.05) is 20.8 Å². The smallest absolute Gasteiger partial charge is 0.212 e. The van der Waals surface area contributed by atoms with Crippen molar-refractivity contribution < 1.29 is 8.42 Å². The maximum atomic E-state index is 11.5. The Morgan fingerprint density at radius 1 is 1.23 bits per heavy atom. The van der Waals surface area contributed by atoms with Crippen LogP contribution in [-0.4, -0.2) is 24.0 Å². The Labute approximate surface area is 89.5 Å². The van der Waals surface area contributed by atoms with E-state index in [0.29, 0.717) is 0 Å². The van der Waals surface area contributed by atoms with E-state index in [-0.39, 0.29) is 4.83 Å². The van der Waals surface area contributed by atoms with Crippen molar-refractivity contribution >= 4 is 26.0 Å². The third-order valence-electron chi connectivity index (χ3n) is 2.02. The van der Waals surface area contributed by atoms with Crippen molar-refractivity contribution in [2.24, 2.45) is 0 Å². The van der Waals surface area contributed by atoms with E-state index in [1.165, 1.54) is 0 Å². The highest BCUT2D eigenvalue weighted by Crippen LogP contribution is 2.18. The molecule has 0 saturated heterocycles. The molecule has 0 rings (SSSR count). The molecule has 1 unspecified atom stereocenters. The summed E-state index contributed by atoms with van der Waals surface area (Å²) in [6.45, 7) is 8.95. The van der Waals surface area contributed by atoms with E-state index in [4.69, 9.17) is 0 Å². The molecule has 0 aliphatic rings. The van der Waals surface area contributed by atoms with Gasteiger partial charge in [0.15, 0.2) is 0 Å². The van der Waals surface area contributed by atoms with Gasteiger partial charge >= 0.3 is 0 Å². The number of alkyl halides is 1. The van der Waals surface area contributed by atoms with Crippen molar-refractivity contribution in [1.29, 1.82) is 0 Å². The Kier molecular flexibility index (Phi) is 4.40. The number of hydrogen-bond acceptors (Lipinski definition) is 2. The van der Waals surface area contributed by atoms with E-state index < -0.39 is 20.8 Å². The molecule has 0 aromatic carbocycles. The molecular formula is C8H18BrNO2S. The Hall–Kier alpha value is 0.390. The lowest BCUT2D eigenvalue weighted by Gasteiger charge is -2.29. The van der Waals surface area contributed by atoms with Crippen LogP contribution in [0.1, 0.15) is 34.6 Å². The van der Waals surface area contributed by atoms with Gasteiger partial charge in [-0.3, -0.25) is 0 Å². The largest absolute Gasteiger partial charge is 0.214 e. The fourth-order valence-electron chi connectivity index (χ4n) is 0.566. The van der Waals surface area contributed by atoms with Crippen molar-refractivity contribution in [1.82, 2.24) is 4.72 Å². The molecule has 0 aromatic rings. The molecule has 0 bridgehead atoms. The molecule has 0 spiro atoms. The highest BCUT2D eigenvalue weighted by Gasteiger charge is 2.30. The van der Waals surface area contributed by atoms with E-state index in [0.717, 1.165) is 0 Å². The predicted molar refractivity (Wildman–Crippen MR) is 59.7 cm³/mol. The fraction of sp³-hybridized carbons (Fsp3) is 1.00. The van der Waals surface area contributed by atoms with Crippen LogP contribution in [0, 0.1) is 0 Å². The molecule has 0 radical (unpaired) electrons. The molecule has 3 nitrogen and oxygen atoms in total. The zero-order chi connectivity index (χ0) is 10.9. The minimum Gasteiger partial charge on any atom is -0.212 e. The van der Waals surface area contributed by atoms with Gasteiger partial charge in [0, 0.05) is 10.4 Å². The first-order chi connectivity index (χ1) is 5.59. The summed E-state index contributed by atoms with van der Waals surface area (Å²) in [6.07, 6.45) is 0. The first-order valence-corrected chi connectivity index (χ1v) is 6.72. The maximum absolute atomic E-state index is 11.5. The van der Waals surface area contributed by atoms with Crippen LogP contribution in [0.5, 0.6) is 0 Å². The molecule has 5 heteroatoms. The van der Waals surface area contributed by atoms with Gasteiger partial charge in [0.05, 0.1) is 5.25 Å². The lowest BCUT2D eigenvalue weighted by molar-refractivity contribution is 0.451. The van der Waals surface area contributed by atoms with Gasteiger partial charge in [-0.25, -0.2) is 13.1 Å². The van der Waals surface area contributed by atoms with Gasteiger partial charge in [0.2, 0.25) is 10.0 Å². The summed E-state index contributed by atoms with van der Waals surface area (Å²) in [6, 6.07) is 0. The summed E-state index contributed by atoms with van der Waals surface area (Å²) in [5, 5.41) is -0.391. The average Bonchev–Trinajstić information content (AvgIpc) is 1.83. The topological polar surface area (TPSA) is 46.2 Å². The van der Waals surface area contributed by atoms with Gasteiger partial charge in [-0.2, -0.15) is 0 Å². The summed E-state index contributed by atoms with van der Waals surface area (Å²) < 4.78 is 25.7. The van der Waals surface area contributed by atoms with Gasteiger partial charge in [-0.05, 0) is 27.7 Å². The average molecular weight is 272 g/mol. The highest BCUT2D eigenvalue weighted by molar-refractivity contribution is 9.09. The maximum Gasteiger partial charge on any atom is 0.214 e. The third-order valence-corrected chi connectivity index (χ3v) is 5.22. The van der Waals surface area contributed by atoms with Crippen LogP contribution in [0.15, 0.2) is 0 Å². The van der Waals surface area contributed by atoms with Gasteiger partial charge in [0.1, 0.15) is 0 Å². The summed E-state index contributed by atoms with van der Waals surface area (Å²) in [7, 11) is -3.18. The van der Waals surface area contributed by atoms with Gasteiger partial charge in [-0.1, -0.05) is 22.9 Å². The van der Waals surface area contributed by atoms with Gasteiger partial charge in [-0.15, -0.1) is 0 Å². The second-order valence-electron chi connectivity index (χ2n) is 4.03. The van der Waals surface area contributed by atoms with E-state index in [2.05, 4.69) is 20.7 Å². The van der Waals surface area contributed by atoms with E-state index >= 15 is 0 Å². The molecule has 0 saturated carbocycles. The predicted octanol–water partition coefficient (Wildman–Crippen LogP) is 1.88. The second-order valence-corrected chi connectivity index (χ2v) is 7.64. The minimum atomic E-state index is -3.18. The molecular weight excluding hydrogens is 254 g/mol. The van der Waals surface area contributed by atoms with Gasteiger partial charge in [0.25, 0.3) is 0 Å². The molecule has 1 atom stereocenters. The summed E-state index contributed by atoms with van der Waals surface area (Å²) in [4.78, 5) is 0.0912. The molecule has 1 N–H and O–H groups in total. The highest BCUT2D eigenvalue weighted by atomic mass is 79.9.